The average molecular weight is 1000 g/mol. The number of allylic oxidation sites excluding steroid dienone is 6. The molecule has 376 valence electrons. The molecule has 2 bridgehead atoms. The predicted molar refractivity (Wildman–Crippen MR) is 328 cm³/mol. The number of nitrogens with zero attached hydrogens (tertiary/aromatic N) is 2. The van der Waals surface area contributed by atoms with Gasteiger partial charge in [0.2, 0.25) is 0 Å². The highest BCUT2D eigenvalue weighted by Gasteiger charge is 2.38. The van der Waals surface area contributed by atoms with Crippen LogP contribution in [0.2, 0.25) is 0 Å². The van der Waals surface area contributed by atoms with Crippen molar-refractivity contribution >= 4 is 45.0 Å². The molecule has 0 N–H and O–H groups in total. The quantitative estimate of drug-likeness (QED) is 0.153. The van der Waals surface area contributed by atoms with Crippen molar-refractivity contribution in [3.05, 3.63) is 304 Å². The Bertz CT molecular complexity index is 4100. The van der Waals surface area contributed by atoms with Crippen molar-refractivity contribution in [3.8, 4) is 22.3 Å². The van der Waals surface area contributed by atoms with Gasteiger partial charge in [-0.05, 0) is 175 Å². The van der Waals surface area contributed by atoms with Crippen LogP contribution in [0.4, 0.5) is 22.7 Å². The normalized spacial score (nSPS) is 19.1. The monoisotopic (exact) mass is 1000 g/mol. The first-order valence-corrected chi connectivity index (χ1v) is 28.0. The molecule has 6 aliphatic rings. The first kappa shape index (κ1) is 47.6. The minimum atomic E-state index is -0.0853. The third-order valence-corrected chi connectivity index (χ3v) is 18.1. The van der Waals surface area contributed by atoms with Gasteiger partial charge in [-0.2, -0.15) is 0 Å². The van der Waals surface area contributed by atoms with Gasteiger partial charge in [-0.15, -0.1) is 11.5 Å². The Kier molecular flexibility index (Phi) is 11.2. The van der Waals surface area contributed by atoms with Crippen LogP contribution in [0.5, 0.6) is 0 Å². The molecular formula is C76H62N2. The van der Waals surface area contributed by atoms with E-state index in [0.717, 1.165) is 69.1 Å². The molecule has 8 aromatic rings. The molecule has 8 aromatic carbocycles. The molecule has 14 rings (SSSR count). The van der Waals surface area contributed by atoms with Crippen LogP contribution in [-0.4, -0.2) is 6.54 Å². The molecule has 2 heterocycles. The standard InChI is InChI=1S/C76H62N2/c1-51-46-52(54-31-41-70-66(49-54)64-25-7-11-27-68(64)74(70,2)3)20-15-18-45-77(72-29-13-9-23-62(51)72)59-37-33-57(34-38-59)76(43-16-6-17-44-76)58-35-39-60(40-36-58)78-61-22-19-21-53(47-56(48-61)63-24-10-14-30-73(63)78)55-32-42-71-67(50-55)65-26-8-12-28-69(65)75(71,4)5/h7-14,18,20-42,46-47,49-50H,1,6,16-17,43-45H2,2-5H3/b52-46+,53-47+. The summed E-state index contributed by atoms with van der Waals surface area (Å²) in [5.74, 6) is 0. The summed E-state index contributed by atoms with van der Waals surface area (Å²) in [6.45, 7) is 14.7. The third kappa shape index (κ3) is 7.63. The maximum Gasteiger partial charge on any atom is 0.0975 e. The minimum absolute atomic E-state index is 0.0298. The minimum Gasteiger partial charge on any atom is -0.336 e. The molecule has 0 atom stereocenters. The lowest BCUT2D eigenvalue weighted by atomic mass is 9.65. The number of fused-ring (bicyclic) bond motifs is 9. The van der Waals surface area contributed by atoms with Gasteiger partial charge in [-0.25, -0.2) is 0 Å². The van der Waals surface area contributed by atoms with E-state index in [4.69, 9.17) is 6.58 Å². The van der Waals surface area contributed by atoms with Crippen LogP contribution in [0.25, 0.3) is 44.5 Å². The molecule has 2 aliphatic heterocycles. The van der Waals surface area contributed by atoms with Crippen LogP contribution < -0.4 is 9.80 Å². The Balaban J connectivity index is 0.761. The molecule has 1 fully saturated rings. The van der Waals surface area contributed by atoms with Crippen molar-refractivity contribution < 1.29 is 0 Å². The predicted octanol–water partition coefficient (Wildman–Crippen LogP) is 19.3. The fourth-order valence-electron chi connectivity index (χ4n) is 14.0. The van der Waals surface area contributed by atoms with Gasteiger partial charge >= 0.3 is 0 Å². The summed E-state index contributed by atoms with van der Waals surface area (Å²) >= 11 is 0. The van der Waals surface area contributed by atoms with Crippen molar-refractivity contribution in [2.24, 2.45) is 0 Å². The molecule has 0 saturated heterocycles. The Morgan fingerprint density at radius 1 is 0.449 bits per heavy atom. The summed E-state index contributed by atoms with van der Waals surface area (Å²) in [5.41, 5.74) is 38.9. The van der Waals surface area contributed by atoms with E-state index in [9.17, 15) is 0 Å². The number of benzene rings is 8. The van der Waals surface area contributed by atoms with E-state index in [2.05, 4.69) is 273 Å². The van der Waals surface area contributed by atoms with Crippen molar-refractivity contribution in [1.29, 1.82) is 0 Å². The molecule has 0 unspecified atom stereocenters. The Morgan fingerprint density at radius 3 is 1.59 bits per heavy atom. The molecule has 78 heavy (non-hydrogen) atoms. The van der Waals surface area contributed by atoms with Crippen LogP contribution in [0.15, 0.2) is 248 Å². The maximum atomic E-state index is 4.71. The summed E-state index contributed by atoms with van der Waals surface area (Å²) in [6.07, 6.45) is 19.0. The number of rotatable bonds is 6. The van der Waals surface area contributed by atoms with E-state index < -0.39 is 0 Å². The van der Waals surface area contributed by atoms with E-state index >= 15 is 0 Å². The summed E-state index contributed by atoms with van der Waals surface area (Å²) in [6, 6.07) is 68.1. The summed E-state index contributed by atoms with van der Waals surface area (Å²) in [7, 11) is 0. The second-order valence-corrected chi connectivity index (χ2v) is 23.2. The molecule has 0 aromatic heterocycles. The van der Waals surface area contributed by atoms with Gasteiger partial charge in [-0.1, -0.05) is 193 Å². The topological polar surface area (TPSA) is 6.48 Å². The van der Waals surface area contributed by atoms with Crippen LogP contribution in [0.3, 0.4) is 0 Å². The second kappa shape index (κ2) is 18.4. The van der Waals surface area contributed by atoms with Gasteiger partial charge in [-0.3, -0.25) is 0 Å². The number of para-hydroxylation sites is 2. The molecule has 0 amide bonds. The van der Waals surface area contributed by atoms with Crippen molar-refractivity contribution in [3.63, 3.8) is 0 Å². The highest BCUT2D eigenvalue weighted by molar-refractivity contribution is 5.97. The van der Waals surface area contributed by atoms with Gasteiger partial charge in [0.05, 0.1) is 11.4 Å². The maximum absolute atomic E-state index is 4.71. The largest absolute Gasteiger partial charge is 0.336 e. The highest BCUT2D eigenvalue weighted by Crippen LogP contribution is 2.52. The number of hydrogen-bond acceptors (Lipinski definition) is 2. The summed E-state index contributed by atoms with van der Waals surface area (Å²) in [5, 5.41) is 0. The lowest BCUT2D eigenvalue weighted by Crippen LogP contribution is -2.30. The third-order valence-electron chi connectivity index (χ3n) is 18.1. The molecule has 0 radical (unpaired) electrons. The average Bonchev–Trinajstić information content (AvgIpc) is 3.92. The first-order chi connectivity index (χ1) is 38.1. The molecule has 1 saturated carbocycles. The van der Waals surface area contributed by atoms with E-state index in [-0.39, 0.29) is 16.2 Å². The first-order valence-electron chi connectivity index (χ1n) is 28.0. The van der Waals surface area contributed by atoms with Crippen molar-refractivity contribution in [2.75, 3.05) is 16.3 Å². The second-order valence-electron chi connectivity index (χ2n) is 23.2. The van der Waals surface area contributed by atoms with Crippen molar-refractivity contribution in [2.45, 2.75) is 76.0 Å². The Labute approximate surface area is 460 Å². The molecule has 2 heteroatoms. The van der Waals surface area contributed by atoms with Gasteiger partial charge in [0.15, 0.2) is 0 Å². The lowest BCUT2D eigenvalue weighted by molar-refractivity contribution is 0.346. The lowest BCUT2D eigenvalue weighted by Gasteiger charge is -2.39. The van der Waals surface area contributed by atoms with E-state index in [0.29, 0.717) is 6.54 Å². The highest BCUT2D eigenvalue weighted by atomic mass is 15.2. The van der Waals surface area contributed by atoms with Crippen LogP contribution in [0.1, 0.15) is 115 Å². The molecule has 0 spiro atoms. The number of hydrogen-bond donors (Lipinski definition) is 0. The Hall–Kier alpha value is -8.86. The van der Waals surface area contributed by atoms with E-state index in [1.165, 1.54) is 91.6 Å². The zero-order valence-corrected chi connectivity index (χ0v) is 45.1. The Morgan fingerprint density at radius 2 is 0.962 bits per heavy atom. The van der Waals surface area contributed by atoms with Gasteiger partial charge < -0.3 is 9.80 Å². The summed E-state index contributed by atoms with van der Waals surface area (Å²) in [4.78, 5) is 4.76. The zero-order chi connectivity index (χ0) is 52.8. The van der Waals surface area contributed by atoms with E-state index in [1.807, 2.05) is 0 Å². The molecule has 4 aliphatic carbocycles. The fraction of sp³-hybridized carbons (Fsp3) is 0.171. The van der Waals surface area contributed by atoms with Crippen LogP contribution in [0, 0.1) is 0 Å². The summed E-state index contributed by atoms with van der Waals surface area (Å²) < 4.78 is 0. The molecular weight excluding hydrogens is 941 g/mol. The van der Waals surface area contributed by atoms with E-state index in [1.54, 1.807) is 0 Å². The van der Waals surface area contributed by atoms with Gasteiger partial charge in [0.1, 0.15) is 0 Å². The van der Waals surface area contributed by atoms with Gasteiger partial charge in [0.25, 0.3) is 0 Å². The van der Waals surface area contributed by atoms with Crippen molar-refractivity contribution in [1.82, 2.24) is 0 Å². The zero-order valence-electron chi connectivity index (χ0n) is 45.1. The fourth-order valence-corrected chi connectivity index (χ4v) is 14.0. The SMILES string of the molecule is C=C1/C=C(/c2ccc3c(c2)-c2ccccc2C3(C)C)C=C=CCN(c2ccc(C3(c4ccc(N5C6=C=C(/C=C(/c7ccc8c(c7)-c7ccccc7C8(C)C)C=C=C6)c6ccccc65)cc4)CCCCC3)cc2)c2ccccc21. The van der Waals surface area contributed by atoms with Crippen LogP contribution in [-0.2, 0) is 16.2 Å². The van der Waals surface area contributed by atoms with Gasteiger partial charge in [0, 0.05) is 62.6 Å². The van der Waals surface area contributed by atoms with Crippen LogP contribution >= 0.6 is 0 Å². The molecule has 2 nitrogen and oxygen atoms in total. The number of anilines is 4. The smallest absolute Gasteiger partial charge is 0.0975 e.